The molecule has 0 unspecified atom stereocenters. The predicted molar refractivity (Wildman–Crippen MR) is 42.2 cm³/mol. The summed E-state index contributed by atoms with van der Waals surface area (Å²) in [6, 6.07) is 5.83. The van der Waals surface area contributed by atoms with Gasteiger partial charge in [0.2, 0.25) is 0 Å². The molecule has 0 aliphatic rings. The maximum Gasteiger partial charge on any atom is 0.387 e. The Morgan fingerprint density at radius 2 is 2.15 bits per heavy atom. The lowest BCUT2D eigenvalue weighted by molar-refractivity contribution is -0.0499. The molecule has 3 nitrogen and oxygen atoms in total. The molecule has 0 heterocycles. The zero-order valence-corrected chi connectivity index (χ0v) is 6.50. The van der Waals surface area contributed by atoms with E-state index in [0.717, 1.165) is 0 Å². The molecule has 1 rings (SSSR count). The second-order valence-corrected chi connectivity index (χ2v) is 2.21. The van der Waals surface area contributed by atoms with Crippen molar-refractivity contribution in [1.82, 2.24) is 0 Å². The third-order valence-corrected chi connectivity index (χ3v) is 1.39. The molecule has 0 atom stereocenters. The van der Waals surface area contributed by atoms with Gasteiger partial charge < -0.3 is 10.5 Å². The van der Waals surface area contributed by atoms with Gasteiger partial charge in [0.05, 0.1) is 5.69 Å². The number of hydrogen-bond acceptors (Lipinski definition) is 3. The molecule has 13 heavy (non-hydrogen) atoms. The molecule has 68 valence electrons. The second-order valence-electron chi connectivity index (χ2n) is 2.21. The van der Waals surface area contributed by atoms with Crippen molar-refractivity contribution in [2.45, 2.75) is 6.61 Å². The summed E-state index contributed by atoms with van der Waals surface area (Å²) in [4.78, 5) is 0. The fraction of sp³-hybridized carbons (Fsp3) is 0.125. The first-order chi connectivity index (χ1) is 6.15. The van der Waals surface area contributed by atoms with E-state index in [2.05, 4.69) is 4.74 Å². The Kier molecular flexibility index (Phi) is 2.65. The van der Waals surface area contributed by atoms with Gasteiger partial charge in [0.1, 0.15) is 17.4 Å². The molecular weight excluding hydrogens is 178 g/mol. The largest absolute Gasteiger partial charge is 0.433 e. The fourth-order valence-electron chi connectivity index (χ4n) is 0.862. The molecule has 0 saturated carbocycles. The number of nitrogen functional groups attached to an aromatic ring is 1. The number of halogens is 2. The first kappa shape index (κ1) is 9.26. The topological polar surface area (TPSA) is 59.0 Å². The van der Waals surface area contributed by atoms with Gasteiger partial charge in [-0.3, -0.25) is 0 Å². The lowest BCUT2D eigenvalue weighted by Gasteiger charge is -2.06. The maximum absolute atomic E-state index is 11.8. The molecule has 0 saturated heterocycles. The smallest absolute Gasteiger partial charge is 0.387 e. The molecule has 0 aliphatic heterocycles. The van der Waals surface area contributed by atoms with Crippen LogP contribution in [0.2, 0.25) is 0 Å². The highest BCUT2D eigenvalue weighted by atomic mass is 19.3. The molecule has 0 fully saturated rings. The lowest BCUT2D eigenvalue weighted by atomic mass is 10.2. The quantitative estimate of drug-likeness (QED) is 0.712. The van der Waals surface area contributed by atoms with Crippen LogP contribution in [0.4, 0.5) is 14.5 Å². The molecule has 0 aromatic heterocycles. The minimum Gasteiger partial charge on any atom is -0.433 e. The van der Waals surface area contributed by atoms with E-state index in [0.29, 0.717) is 0 Å². The van der Waals surface area contributed by atoms with Gasteiger partial charge in [-0.15, -0.1) is 0 Å². The van der Waals surface area contributed by atoms with Crippen LogP contribution in [0.15, 0.2) is 18.2 Å². The van der Waals surface area contributed by atoms with Gasteiger partial charge in [0, 0.05) is 0 Å². The monoisotopic (exact) mass is 184 g/mol. The van der Waals surface area contributed by atoms with Gasteiger partial charge in [-0.1, -0.05) is 6.07 Å². The average molecular weight is 184 g/mol. The number of ether oxygens (including phenoxy) is 1. The molecule has 5 heteroatoms. The van der Waals surface area contributed by atoms with Crippen molar-refractivity contribution < 1.29 is 13.5 Å². The van der Waals surface area contributed by atoms with Crippen LogP contribution in [0.25, 0.3) is 0 Å². The Morgan fingerprint density at radius 1 is 1.46 bits per heavy atom. The van der Waals surface area contributed by atoms with E-state index in [1.165, 1.54) is 18.2 Å². The summed E-state index contributed by atoms with van der Waals surface area (Å²) < 4.78 is 27.7. The first-order valence-electron chi connectivity index (χ1n) is 3.38. The number of benzene rings is 1. The highest BCUT2D eigenvalue weighted by Crippen LogP contribution is 2.24. The van der Waals surface area contributed by atoms with Gasteiger partial charge in [-0.2, -0.15) is 14.0 Å². The molecule has 0 aliphatic carbocycles. The molecular formula is C8H6F2N2O. The van der Waals surface area contributed by atoms with Gasteiger partial charge in [0.25, 0.3) is 0 Å². The summed E-state index contributed by atoms with van der Waals surface area (Å²) in [5.74, 6) is -0.197. The number of nitriles is 1. The summed E-state index contributed by atoms with van der Waals surface area (Å²) in [6.07, 6.45) is 0. The number of nitrogens with zero attached hydrogens (tertiary/aromatic N) is 1. The van der Waals surface area contributed by atoms with Crippen LogP contribution >= 0.6 is 0 Å². The van der Waals surface area contributed by atoms with Gasteiger partial charge in [0.15, 0.2) is 0 Å². The average Bonchev–Trinajstić information content (AvgIpc) is 2.03. The van der Waals surface area contributed by atoms with E-state index in [9.17, 15) is 8.78 Å². The van der Waals surface area contributed by atoms with Crippen LogP contribution in [0.1, 0.15) is 5.56 Å². The first-order valence-corrected chi connectivity index (χ1v) is 3.38. The van der Waals surface area contributed by atoms with Crippen molar-refractivity contribution in [1.29, 1.82) is 5.26 Å². The summed E-state index contributed by atoms with van der Waals surface area (Å²) in [5, 5.41) is 8.56. The summed E-state index contributed by atoms with van der Waals surface area (Å²) >= 11 is 0. The van der Waals surface area contributed by atoms with Gasteiger partial charge in [-0.25, -0.2) is 0 Å². The number of hydrogen-bond donors (Lipinski definition) is 1. The van der Waals surface area contributed by atoms with E-state index < -0.39 is 6.61 Å². The minimum atomic E-state index is -2.95. The number of nitrogens with two attached hydrogens (primary N) is 1. The van der Waals surface area contributed by atoms with E-state index >= 15 is 0 Å². The number of alkyl halides is 2. The Hall–Kier alpha value is -1.83. The molecule has 0 radical (unpaired) electrons. The van der Waals surface area contributed by atoms with Crippen LogP contribution in [-0.4, -0.2) is 6.61 Å². The van der Waals surface area contributed by atoms with Crippen molar-refractivity contribution in [2.24, 2.45) is 0 Å². The second kappa shape index (κ2) is 3.72. The summed E-state index contributed by atoms with van der Waals surface area (Å²) in [5.41, 5.74) is 5.42. The normalized spacial score (nSPS) is 9.69. The lowest BCUT2D eigenvalue weighted by Crippen LogP contribution is -2.04. The Labute approximate surface area is 73.3 Å². The molecule has 2 N–H and O–H groups in total. The van der Waals surface area contributed by atoms with Crippen LogP contribution in [-0.2, 0) is 0 Å². The highest BCUT2D eigenvalue weighted by molar-refractivity contribution is 5.60. The van der Waals surface area contributed by atoms with E-state index in [-0.39, 0.29) is 17.0 Å². The fourth-order valence-corrected chi connectivity index (χ4v) is 0.862. The highest BCUT2D eigenvalue weighted by Gasteiger charge is 2.10. The Balaban J connectivity index is 3.07. The zero-order valence-electron chi connectivity index (χ0n) is 6.50. The molecule has 0 bridgehead atoms. The SMILES string of the molecule is N#Cc1c(N)cccc1OC(F)F. The predicted octanol–water partition coefficient (Wildman–Crippen LogP) is 1.74. The van der Waals surface area contributed by atoms with Crippen molar-refractivity contribution >= 4 is 5.69 Å². The van der Waals surface area contributed by atoms with Gasteiger partial charge >= 0.3 is 6.61 Å². The van der Waals surface area contributed by atoms with E-state index in [1.807, 2.05) is 0 Å². The van der Waals surface area contributed by atoms with Crippen molar-refractivity contribution in [3.63, 3.8) is 0 Å². The van der Waals surface area contributed by atoms with Crippen LogP contribution in [0.5, 0.6) is 5.75 Å². The van der Waals surface area contributed by atoms with Crippen molar-refractivity contribution in [3.05, 3.63) is 23.8 Å². The summed E-state index contributed by atoms with van der Waals surface area (Å²) in [7, 11) is 0. The number of anilines is 1. The molecule has 1 aromatic carbocycles. The van der Waals surface area contributed by atoms with Crippen LogP contribution in [0, 0.1) is 11.3 Å². The Morgan fingerprint density at radius 3 is 2.69 bits per heavy atom. The van der Waals surface area contributed by atoms with E-state index in [4.69, 9.17) is 11.0 Å². The standard InChI is InChI=1S/C8H6F2N2O/c9-8(10)13-7-3-1-2-6(12)5(7)4-11/h1-3,8H,12H2. The zero-order chi connectivity index (χ0) is 9.84. The third kappa shape index (κ3) is 2.06. The van der Waals surface area contributed by atoms with Crippen molar-refractivity contribution in [3.8, 4) is 11.8 Å². The Bertz CT molecular complexity index is 346. The maximum atomic E-state index is 11.8. The van der Waals surface area contributed by atoms with E-state index in [1.54, 1.807) is 6.07 Å². The third-order valence-electron chi connectivity index (χ3n) is 1.39. The van der Waals surface area contributed by atoms with Crippen LogP contribution < -0.4 is 10.5 Å². The molecule has 1 aromatic rings. The van der Waals surface area contributed by atoms with Crippen molar-refractivity contribution in [2.75, 3.05) is 5.73 Å². The summed E-state index contributed by atoms with van der Waals surface area (Å²) in [6.45, 7) is -2.95. The molecule has 0 spiro atoms. The minimum absolute atomic E-state index is 0.0669. The van der Waals surface area contributed by atoms with Crippen LogP contribution in [0.3, 0.4) is 0 Å². The number of rotatable bonds is 2. The molecule has 0 amide bonds. The van der Waals surface area contributed by atoms with Gasteiger partial charge in [-0.05, 0) is 12.1 Å².